The van der Waals surface area contributed by atoms with E-state index in [1.807, 2.05) is 25.3 Å². The zero-order valence-electron chi connectivity index (χ0n) is 13.4. The number of rotatable bonds is 5. The third kappa shape index (κ3) is 3.76. The molecule has 0 aliphatic carbocycles. The van der Waals surface area contributed by atoms with Crippen LogP contribution in [-0.2, 0) is 16.1 Å². The first-order chi connectivity index (χ1) is 11.5. The highest BCUT2D eigenvalue weighted by Gasteiger charge is 2.33. The molecular weight excluding hydrogens is 328 g/mol. The fourth-order valence-electron chi connectivity index (χ4n) is 2.79. The largest absolute Gasteiger partial charge is 0.344 e. The van der Waals surface area contributed by atoms with Gasteiger partial charge in [0.2, 0.25) is 11.8 Å². The van der Waals surface area contributed by atoms with Gasteiger partial charge in [-0.05, 0) is 37.1 Å². The SMILES string of the molecule is Cc1cnn(CCC(=O)N[C@H]2CCN(c3cccc(Cl)c3)C2=O)c1. The Morgan fingerprint density at radius 2 is 2.29 bits per heavy atom. The second kappa shape index (κ2) is 7.05. The zero-order valence-corrected chi connectivity index (χ0v) is 14.2. The third-order valence-electron chi connectivity index (χ3n) is 3.99. The van der Waals surface area contributed by atoms with Crippen molar-refractivity contribution in [1.82, 2.24) is 15.1 Å². The number of amides is 2. The highest BCUT2D eigenvalue weighted by molar-refractivity contribution is 6.31. The summed E-state index contributed by atoms with van der Waals surface area (Å²) in [4.78, 5) is 26.2. The van der Waals surface area contributed by atoms with Crippen LogP contribution in [0.3, 0.4) is 0 Å². The Hall–Kier alpha value is -2.34. The van der Waals surface area contributed by atoms with Crippen LogP contribution in [0, 0.1) is 6.92 Å². The van der Waals surface area contributed by atoms with E-state index in [4.69, 9.17) is 11.6 Å². The van der Waals surface area contributed by atoms with Gasteiger partial charge in [0.05, 0.1) is 6.20 Å². The van der Waals surface area contributed by atoms with Crippen LogP contribution in [0.25, 0.3) is 0 Å². The number of benzene rings is 1. The normalized spacial score (nSPS) is 17.3. The van der Waals surface area contributed by atoms with Gasteiger partial charge in [-0.1, -0.05) is 17.7 Å². The molecule has 1 aromatic carbocycles. The van der Waals surface area contributed by atoms with E-state index in [-0.39, 0.29) is 11.8 Å². The molecular formula is C17H19ClN4O2. The van der Waals surface area contributed by atoms with Crippen molar-refractivity contribution in [3.05, 3.63) is 47.2 Å². The first-order valence-electron chi connectivity index (χ1n) is 7.88. The second-order valence-electron chi connectivity index (χ2n) is 5.91. The lowest BCUT2D eigenvalue weighted by molar-refractivity contribution is -0.126. The Bertz CT molecular complexity index is 759. The monoisotopic (exact) mass is 346 g/mol. The molecule has 1 aliphatic rings. The summed E-state index contributed by atoms with van der Waals surface area (Å²) in [6.45, 7) is 3.02. The summed E-state index contributed by atoms with van der Waals surface area (Å²) in [6.07, 6.45) is 4.52. The van der Waals surface area contributed by atoms with Gasteiger partial charge in [0.25, 0.3) is 0 Å². The summed E-state index contributed by atoms with van der Waals surface area (Å²) in [6, 6.07) is 6.69. The number of hydrogen-bond donors (Lipinski definition) is 1. The summed E-state index contributed by atoms with van der Waals surface area (Å²) in [7, 11) is 0. The van der Waals surface area contributed by atoms with E-state index >= 15 is 0 Å². The highest BCUT2D eigenvalue weighted by atomic mass is 35.5. The van der Waals surface area contributed by atoms with Crippen molar-refractivity contribution in [2.24, 2.45) is 0 Å². The minimum absolute atomic E-state index is 0.0967. The first-order valence-corrected chi connectivity index (χ1v) is 8.26. The van der Waals surface area contributed by atoms with E-state index in [1.54, 1.807) is 27.9 Å². The smallest absolute Gasteiger partial charge is 0.249 e. The molecule has 0 unspecified atom stereocenters. The van der Waals surface area contributed by atoms with Crippen molar-refractivity contribution < 1.29 is 9.59 Å². The molecule has 1 saturated heterocycles. The average molecular weight is 347 g/mol. The number of nitrogens with one attached hydrogen (secondary N) is 1. The van der Waals surface area contributed by atoms with Gasteiger partial charge in [0.15, 0.2) is 0 Å². The predicted molar refractivity (Wildman–Crippen MR) is 91.9 cm³/mol. The van der Waals surface area contributed by atoms with Crippen LogP contribution >= 0.6 is 11.6 Å². The maximum atomic E-state index is 12.5. The number of carbonyl (C=O) groups is 2. The van der Waals surface area contributed by atoms with Gasteiger partial charge in [-0.2, -0.15) is 5.10 Å². The number of aryl methyl sites for hydroxylation is 2. The summed E-state index contributed by atoms with van der Waals surface area (Å²) < 4.78 is 1.73. The van der Waals surface area contributed by atoms with Crippen LogP contribution in [0.15, 0.2) is 36.7 Å². The van der Waals surface area contributed by atoms with Gasteiger partial charge in [0.1, 0.15) is 6.04 Å². The van der Waals surface area contributed by atoms with Gasteiger partial charge in [-0.3, -0.25) is 14.3 Å². The summed E-state index contributed by atoms with van der Waals surface area (Å²) >= 11 is 5.98. The number of carbonyl (C=O) groups excluding carboxylic acids is 2. The van der Waals surface area contributed by atoms with Gasteiger partial charge in [0, 0.05) is 36.4 Å². The van der Waals surface area contributed by atoms with Crippen LogP contribution in [-0.4, -0.2) is 34.2 Å². The Balaban J connectivity index is 1.54. The van der Waals surface area contributed by atoms with Crippen LogP contribution in [0.5, 0.6) is 0 Å². The van der Waals surface area contributed by atoms with Gasteiger partial charge >= 0.3 is 0 Å². The van der Waals surface area contributed by atoms with Crippen molar-refractivity contribution in [1.29, 1.82) is 0 Å². The fraction of sp³-hybridized carbons (Fsp3) is 0.353. The molecule has 2 amide bonds. The van der Waals surface area contributed by atoms with E-state index in [1.165, 1.54) is 0 Å². The number of halogens is 1. The van der Waals surface area contributed by atoms with Crippen molar-refractivity contribution in [3.8, 4) is 0 Å². The number of anilines is 1. The van der Waals surface area contributed by atoms with Gasteiger partial charge in [-0.15, -0.1) is 0 Å². The highest BCUT2D eigenvalue weighted by Crippen LogP contribution is 2.24. The Morgan fingerprint density at radius 3 is 3.00 bits per heavy atom. The lowest BCUT2D eigenvalue weighted by atomic mass is 10.2. The van der Waals surface area contributed by atoms with E-state index in [0.29, 0.717) is 31.0 Å². The molecule has 3 rings (SSSR count). The molecule has 0 radical (unpaired) electrons. The van der Waals surface area contributed by atoms with Crippen molar-refractivity contribution >= 4 is 29.1 Å². The molecule has 1 aliphatic heterocycles. The second-order valence-corrected chi connectivity index (χ2v) is 6.35. The Kier molecular flexibility index (Phi) is 4.85. The molecule has 7 heteroatoms. The zero-order chi connectivity index (χ0) is 17.1. The standard InChI is InChI=1S/C17H19ClN4O2/c1-12-10-19-21(11-12)7-6-16(23)20-15-5-8-22(17(15)24)14-4-2-3-13(18)9-14/h2-4,9-11,15H,5-8H2,1H3,(H,20,23)/t15-/m0/s1. The Labute approximate surface area is 145 Å². The van der Waals surface area contributed by atoms with E-state index in [2.05, 4.69) is 10.4 Å². The minimum Gasteiger partial charge on any atom is -0.344 e. The van der Waals surface area contributed by atoms with E-state index in [0.717, 1.165) is 11.3 Å². The van der Waals surface area contributed by atoms with Crippen molar-refractivity contribution in [3.63, 3.8) is 0 Å². The molecule has 24 heavy (non-hydrogen) atoms. The summed E-state index contributed by atoms with van der Waals surface area (Å²) in [5, 5.41) is 7.54. The number of nitrogens with zero attached hydrogens (tertiary/aromatic N) is 3. The predicted octanol–water partition coefficient (Wildman–Crippen LogP) is 2.16. The van der Waals surface area contributed by atoms with Crippen LogP contribution in [0.4, 0.5) is 5.69 Å². The molecule has 1 aromatic heterocycles. The third-order valence-corrected chi connectivity index (χ3v) is 4.23. The maximum absolute atomic E-state index is 12.5. The molecule has 1 atom stereocenters. The van der Waals surface area contributed by atoms with Crippen molar-refractivity contribution in [2.45, 2.75) is 32.4 Å². The van der Waals surface area contributed by atoms with Gasteiger partial charge < -0.3 is 10.2 Å². The first kappa shape index (κ1) is 16.5. The molecule has 0 spiro atoms. The topological polar surface area (TPSA) is 67.2 Å². The minimum atomic E-state index is -0.476. The Morgan fingerprint density at radius 1 is 1.46 bits per heavy atom. The summed E-state index contributed by atoms with van der Waals surface area (Å²) in [5.41, 5.74) is 1.81. The van der Waals surface area contributed by atoms with Crippen LogP contribution in [0.1, 0.15) is 18.4 Å². The molecule has 2 aromatic rings. The van der Waals surface area contributed by atoms with E-state index in [9.17, 15) is 9.59 Å². The lowest BCUT2D eigenvalue weighted by Crippen LogP contribution is -2.41. The molecule has 1 fully saturated rings. The molecule has 6 nitrogen and oxygen atoms in total. The molecule has 126 valence electrons. The van der Waals surface area contributed by atoms with E-state index < -0.39 is 6.04 Å². The van der Waals surface area contributed by atoms with Crippen LogP contribution < -0.4 is 10.2 Å². The van der Waals surface area contributed by atoms with Crippen molar-refractivity contribution in [2.75, 3.05) is 11.4 Å². The van der Waals surface area contributed by atoms with Crippen LogP contribution in [0.2, 0.25) is 5.02 Å². The number of hydrogen-bond acceptors (Lipinski definition) is 3. The molecule has 1 N–H and O–H groups in total. The molecule has 2 heterocycles. The van der Waals surface area contributed by atoms with Gasteiger partial charge in [-0.25, -0.2) is 0 Å². The number of aromatic nitrogens is 2. The maximum Gasteiger partial charge on any atom is 0.249 e. The average Bonchev–Trinajstić information content (AvgIpc) is 3.12. The lowest BCUT2D eigenvalue weighted by Gasteiger charge is -2.17. The molecule has 0 saturated carbocycles. The summed E-state index contributed by atoms with van der Waals surface area (Å²) in [5.74, 6) is -0.241. The molecule has 0 bridgehead atoms. The fourth-order valence-corrected chi connectivity index (χ4v) is 2.97. The quantitative estimate of drug-likeness (QED) is 0.902.